The van der Waals surface area contributed by atoms with Crippen molar-refractivity contribution < 1.29 is 9.72 Å². The van der Waals surface area contributed by atoms with Gasteiger partial charge in [-0.05, 0) is 38.0 Å². The number of carbonyl (C=O) groups is 1. The van der Waals surface area contributed by atoms with Gasteiger partial charge < -0.3 is 0 Å². The highest BCUT2D eigenvalue weighted by Gasteiger charge is 2.15. The molecule has 0 aliphatic carbocycles. The first-order chi connectivity index (χ1) is 10.9. The van der Waals surface area contributed by atoms with E-state index in [-0.39, 0.29) is 5.69 Å². The van der Waals surface area contributed by atoms with Crippen molar-refractivity contribution in [3.05, 3.63) is 56.9 Å². The molecule has 0 aliphatic rings. The summed E-state index contributed by atoms with van der Waals surface area (Å²) in [5.41, 5.74) is 5.69. The SMILES string of the molecule is CCc1[nH]nc(C(=O)NN=C(C)c2ccc([N+](=O)[O-])cc2)c1C. The van der Waals surface area contributed by atoms with Crippen molar-refractivity contribution in [3.63, 3.8) is 0 Å². The van der Waals surface area contributed by atoms with E-state index < -0.39 is 10.8 Å². The Hall–Kier alpha value is -3.03. The van der Waals surface area contributed by atoms with E-state index >= 15 is 0 Å². The molecule has 0 radical (unpaired) electrons. The number of hydrazone groups is 1. The third kappa shape index (κ3) is 3.60. The number of amides is 1. The molecule has 0 unspecified atom stereocenters. The molecule has 0 saturated heterocycles. The minimum atomic E-state index is -0.469. The molecule has 1 amide bonds. The second-order valence-corrected chi connectivity index (χ2v) is 4.97. The number of nitrogens with zero attached hydrogens (tertiary/aromatic N) is 3. The van der Waals surface area contributed by atoms with Gasteiger partial charge in [-0.3, -0.25) is 20.0 Å². The summed E-state index contributed by atoms with van der Waals surface area (Å²) in [6.07, 6.45) is 0.761. The predicted octanol–water partition coefficient (Wildman–Crippen LogP) is 2.34. The van der Waals surface area contributed by atoms with E-state index in [4.69, 9.17) is 0 Å². The van der Waals surface area contributed by atoms with Crippen LogP contribution in [-0.4, -0.2) is 26.7 Å². The number of non-ortho nitro benzene ring substituents is 1. The maximum Gasteiger partial charge on any atom is 0.292 e. The number of hydrogen-bond donors (Lipinski definition) is 2. The van der Waals surface area contributed by atoms with Crippen LogP contribution in [0.4, 0.5) is 5.69 Å². The van der Waals surface area contributed by atoms with Gasteiger partial charge in [-0.2, -0.15) is 10.2 Å². The van der Waals surface area contributed by atoms with Crippen LogP contribution in [-0.2, 0) is 6.42 Å². The Labute approximate surface area is 132 Å². The Morgan fingerprint density at radius 2 is 2.04 bits per heavy atom. The molecule has 8 heteroatoms. The van der Waals surface area contributed by atoms with Crippen molar-refractivity contribution in [1.29, 1.82) is 0 Å². The van der Waals surface area contributed by atoms with Gasteiger partial charge in [0.1, 0.15) is 0 Å². The van der Waals surface area contributed by atoms with Gasteiger partial charge in [0.25, 0.3) is 11.6 Å². The molecule has 0 saturated carbocycles. The van der Waals surface area contributed by atoms with Crippen molar-refractivity contribution in [2.75, 3.05) is 0 Å². The Bertz CT molecular complexity index is 762. The van der Waals surface area contributed by atoms with Crippen LogP contribution in [0.25, 0.3) is 0 Å². The van der Waals surface area contributed by atoms with Crippen LogP contribution in [0.5, 0.6) is 0 Å². The van der Waals surface area contributed by atoms with E-state index in [0.717, 1.165) is 17.7 Å². The summed E-state index contributed by atoms with van der Waals surface area (Å²) in [7, 11) is 0. The molecule has 2 aromatic rings. The normalized spacial score (nSPS) is 11.3. The predicted molar refractivity (Wildman–Crippen MR) is 85.5 cm³/mol. The average molecular weight is 315 g/mol. The summed E-state index contributed by atoms with van der Waals surface area (Å²) in [6, 6.07) is 5.94. The highest BCUT2D eigenvalue weighted by atomic mass is 16.6. The van der Waals surface area contributed by atoms with E-state index in [1.54, 1.807) is 19.1 Å². The van der Waals surface area contributed by atoms with Crippen LogP contribution < -0.4 is 5.43 Å². The summed E-state index contributed by atoms with van der Waals surface area (Å²) < 4.78 is 0. The number of hydrogen-bond acceptors (Lipinski definition) is 5. The molecule has 0 aliphatic heterocycles. The molecule has 2 rings (SSSR count). The fourth-order valence-corrected chi connectivity index (χ4v) is 2.08. The zero-order chi connectivity index (χ0) is 17.0. The number of nitro groups is 1. The van der Waals surface area contributed by atoms with Gasteiger partial charge in [0, 0.05) is 23.4 Å². The van der Waals surface area contributed by atoms with E-state index in [1.807, 2.05) is 13.8 Å². The molecular weight excluding hydrogens is 298 g/mol. The lowest BCUT2D eigenvalue weighted by Crippen LogP contribution is -2.20. The first kappa shape index (κ1) is 16.3. The van der Waals surface area contributed by atoms with Gasteiger partial charge >= 0.3 is 0 Å². The standard InChI is InChI=1S/C15H17N5O3/c1-4-13-9(2)14(18-17-13)15(21)19-16-10(3)11-5-7-12(8-6-11)20(22)23/h5-8H,4H2,1-3H3,(H,17,18)(H,19,21). The summed E-state index contributed by atoms with van der Waals surface area (Å²) in [5, 5.41) is 21.4. The molecule has 1 aromatic carbocycles. The van der Waals surface area contributed by atoms with Crippen molar-refractivity contribution in [2.45, 2.75) is 27.2 Å². The minimum Gasteiger partial charge on any atom is -0.282 e. The van der Waals surface area contributed by atoms with Gasteiger partial charge in [-0.15, -0.1) is 0 Å². The van der Waals surface area contributed by atoms with Crippen LogP contribution in [0.1, 0.15) is 41.2 Å². The summed E-state index contributed by atoms with van der Waals surface area (Å²) >= 11 is 0. The van der Waals surface area contributed by atoms with Gasteiger partial charge in [-0.25, -0.2) is 5.43 Å². The number of carbonyl (C=O) groups excluding carboxylic acids is 1. The van der Waals surface area contributed by atoms with E-state index in [9.17, 15) is 14.9 Å². The number of aromatic nitrogens is 2. The smallest absolute Gasteiger partial charge is 0.282 e. The van der Waals surface area contributed by atoms with Crippen molar-refractivity contribution in [1.82, 2.24) is 15.6 Å². The number of rotatable bonds is 5. The second kappa shape index (κ2) is 6.82. The molecule has 0 fully saturated rings. The zero-order valence-electron chi connectivity index (χ0n) is 13.1. The lowest BCUT2D eigenvalue weighted by molar-refractivity contribution is -0.384. The third-order valence-corrected chi connectivity index (χ3v) is 3.50. The zero-order valence-corrected chi connectivity index (χ0v) is 13.1. The van der Waals surface area contributed by atoms with E-state index in [0.29, 0.717) is 17.0 Å². The molecular formula is C15H17N5O3. The average Bonchev–Trinajstić information content (AvgIpc) is 2.93. The van der Waals surface area contributed by atoms with Gasteiger partial charge in [-0.1, -0.05) is 6.92 Å². The van der Waals surface area contributed by atoms with E-state index in [2.05, 4.69) is 20.7 Å². The monoisotopic (exact) mass is 315 g/mol. The molecule has 0 atom stereocenters. The van der Waals surface area contributed by atoms with E-state index in [1.165, 1.54) is 12.1 Å². The maximum atomic E-state index is 12.1. The minimum absolute atomic E-state index is 0.00447. The van der Waals surface area contributed by atoms with Crippen molar-refractivity contribution >= 4 is 17.3 Å². The molecule has 8 nitrogen and oxygen atoms in total. The molecule has 1 aromatic heterocycles. The Morgan fingerprint density at radius 1 is 1.39 bits per heavy atom. The van der Waals surface area contributed by atoms with Crippen LogP contribution in [0.2, 0.25) is 0 Å². The number of nitro benzene ring substituents is 1. The van der Waals surface area contributed by atoms with Crippen LogP contribution >= 0.6 is 0 Å². The third-order valence-electron chi connectivity index (χ3n) is 3.50. The van der Waals surface area contributed by atoms with Crippen LogP contribution in [0.15, 0.2) is 29.4 Å². The Morgan fingerprint density at radius 3 is 2.57 bits per heavy atom. The quantitative estimate of drug-likeness (QED) is 0.501. The molecule has 0 spiro atoms. The highest BCUT2D eigenvalue weighted by molar-refractivity contribution is 6.00. The van der Waals surface area contributed by atoms with Crippen molar-refractivity contribution in [2.24, 2.45) is 5.10 Å². The number of nitrogens with one attached hydrogen (secondary N) is 2. The highest BCUT2D eigenvalue weighted by Crippen LogP contribution is 2.13. The summed E-state index contributed by atoms with van der Waals surface area (Å²) in [6.45, 7) is 5.50. The fraction of sp³-hybridized carbons (Fsp3) is 0.267. The molecule has 2 N–H and O–H groups in total. The number of aryl methyl sites for hydroxylation is 1. The van der Waals surface area contributed by atoms with Gasteiger partial charge in [0.05, 0.1) is 10.6 Å². The lowest BCUT2D eigenvalue weighted by atomic mass is 10.1. The van der Waals surface area contributed by atoms with Gasteiger partial charge in [0.2, 0.25) is 0 Å². The molecule has 0 bridgehead atoms. The van der Waals surface area contributed by atoms with Gasteiger partial charge in [0.15, 0.2) is 5.69 Å². The molecule has 120 valence electrons. The number of aromatic amines is 1. The lowest BCUT2D eigenvalue weighted by Gasteiger charge is -2.02. The van der Waals surface area contributed by atoms with Crippen LogP contribution in [0.3, 0.4) is 0 Å². The fourth-order valence-electron chi connectivity index (χ4n) is 2.08. The number of H-pyrrole nitrogens is 1. The summed E-state index contributed by atoms with van der Waals surface area (Å²) in [5.74, 6) is -0.403. The molecule has 1 heterocycles. The first-order valence-electron chi connectivity index (χ1n) is 7.07. The van der Waals surface area contributed by atoms with Crippen LogP contribution in [0, 0.1) is 17.0 Å². The Balaban J connectivity index is 2.10. The molecule has 23 heavy (non-hydrogen) atoms. The Kier molecular flexibility index (Phi) is 4.85. The maximum absolute atomic E-state index is 12.1. The summed E-state index contributed by atoms with van der Waals surface area (Å²) in [4.78, 5) is 22.2. The number of benzene rings is 1. The topological polar surface area (TPSA) is 113 Å². The largest absolute Gasteiger partial charge is 0.292 e. The second-order valence-electron chi connectivity index (χ2n) is 4.97. The van der Waals surface area contributed by atoms with Crippen molar-refractivity contribution in [3.8, 4) is 0 Å². The first-order valence-corrected chi connectivity index (χ1v) is 7.07.